The molecule has 0 atom stereocenters. The molecule has 22 heavy (non-hydrogen) atoms. The highest BCUT2D eigenvalue weighted by molar-refractivity contribution is 7.89. The summed E-state index contributed by atoms with van der Waals surface area (Å²) in [6.45, 7) is 2.91. The normalized spacial score (nSPS) is 11.9. The number of carboxylic acid groups (broad SMARTS) is 1. The van der Waals surface area contributed by atoms with Crippen molar-refractivity contribution in [1.29, 1.82) is 0 Å². The van der Waals surface area contributed by atoms with E-state index in [1.165, 1.54) is 26.0 Å². The number of benzene rings is 1. The SMILES string of the molecule is CC(C)(CNC(=O)CCNS(=O)(=O)c1ccccc1)C(=O)O. The van der Waals surface area contributed by atoms with Crippen LogP contribution in [-0.2, 0) is 19.6 Å². The summed E-state index contributed by atoms with van der Waals surface area (Å²) in [5.41, 5.74) is -1.07. The zero-order chi connectivity index (χ0) is 16.8. The van der Waals surface area contributed by atoms with Gasteiger partial charge in [-0.1, -0.05) is 18.2 Å². The van der Waals surface area contributed by atoms with Gasteiger partial charge in [0.25, 0.3) is 0 Å². The van der Waals surface area contributed by atoms with E-state index in [4.69, 9.17) is 5.11 Å². The predicted octanol–water partition coefficient (Wildman–Crippen LogP) is 0.582. The Balaban J connectivity index is 2.41. The van der Waals surface area contributed by atoms with E-state index in [1.807, 2.05) is 0 Å². The Morgan fingerprint density at radius 1 is 1.18 bits per heavy atom. The molecule has 3 N–H and O–H groups in total. The molecule has 0 bridgehead atoms. The van der Waals surface area contributed by atoms with Crippen molar-refractivity contribution in [1.82, 2.24) is 10.0 Å². The molecule has 8 heteroatoms. The van der Waals surface area contributed by atoms with Gasteiger partial charge in [0.05, 0.1) is 10.3 Å². The van der Waals surface area contributed by atoms with E-state index >= 15 is 0 Å². The largest absolute Gasteiger partial charge is 0.481 e. The van der Waals surface area contributed by atoms with Gasteiger partial charge in [-0.3, -0.25) is 9.59 Å². The zero-order valence-electron chi connectivity index (χ0n) is 12.5. The number of aliphatic carboxylic acids is 1. The van der Waals surface area contributed by atoms with Crippen molar-refractivity contribution in [2.45, 2.75) is 25.2 Å². The second kappa shape index (κ2) is 7.37. The number of hydrogen-bond donors (Lipinski definition) is 3. The lowest BCUT2D eigenvalue weighted by Crippen LogP contribution is -2.40. The van der Waals surface area contributed by atoms with Crippen molar-refractivity contribution in [2.75, 3.05) is 13.1 Å². The number of rotatable bonds is 8. The number of carbonyl (C=O) groups excluding carboxylic acids is 1. The van der Waals surface area contributed by atoms with E-state index in [2.05, 4.69) is 10.0 Å². The van der Waals surface area contributed by atoms with Crippen LogP contribution in [0.5, 0.6) is 0 Å². The Labute approximate surface area is 129 Å². The second-order valence-corrected chi connectivity index (χ2v) is 7.19. The molecular formula is C14H20N2O5S. The summed E-state index contributed by atoms with van der Waals surface area (Å²) < 4.78 is 26.1. The van der Waals surface area contributed by atoms with Crippen LogP contribution in [0.4, 0.5) is 0 Å². The van der Waals surface area contributed by atoms with E-state index < -0.39 is 27.3 Å². The molecule has 0 fully saturated rings. The van der Waals surface area contributed by atoms with E-state index in [-0.39, 0.29) is 24.4 Å². The predicted molar refractivity (Wildman–Crippen MR) is 80.7 cm³/mol. The van der Waals surface area contributed by atoms with Gasteiger partial charge in [0.1, 0.15) is 0 Å². The first-order valence-electron chi connectivity index (χ1n) is 6.70. The number of hydrogen-bond acceptors (Lipinski definition) is 4. The maximum absolute atomic E-state index is 11.9. The standard InChI is InChI=1S/C14H20N2O5S/c1-14(2,13(18)19)10-15-12(17)8-9-16-22(20,21)11-6-4-3-5-7-11/h3-7,16H,8-10H2,1-2H3,(H,15,17)(H,18,19). The Kier molecular flexibility index (Phi) is 6.07. The summed E-state index contributed by atoms with van der Waals surface area (Å²) in [5.74, 6) is -1.43. The highest BCUT2D eigenvalue weighted by Crippen LogP contribution is 2.13. The molecule has 1 aromatic rings. The average Bonchev–Trinajstić information content (AvgIpc) is 2.46. The van der Waals surface area contributed by atoms with Gasteiger partial charge >= 0.3 is 5.97 Å². The lowest BCUT2D eigenvalue weighted by Gasteiger charge is -2.19. The van der Waals surface area contributed by atoms with Gasteiger partial charge in [0.15, 0.2) is 0 Å². The molecular weight excluding hydrogens is 308 g/mol. The third kappa shape index (κ3) is 5.45. The summed E-state index contributed by atoms with van der Waals surface area (Å²) in [5, 5.41) is 11.4. The maximum atomic E-state index is 11.9. The van der Waals surface area contributed by atoms with Gasteiger partial charge < -0.3 is 10.4 Å². The summed E-state index contributed by atoms with van der Waals surface area (Å²) in [6.07, 6.45) is -0.0677. The van der Waals surface area contributed by atoms with Crippen LogP contribution in [-0.4, -0.2) is 38.5 Å². The van der Waals surface area contributed by atoms with Crippen LogP contribution in [0.25, 0.3) is 0 Å². The lowest BCUT2D eigenvalue weighted by molar-refractivity contribution is -0.146. The number of amides is 1. The lowest BCUT2D eigenvalue weighted by atomic mass is 9.94. The molecule has 1 aromatic carbocycles. The van der Waals surface area contributed by atoms with E-state index in [9.17, 15) is 18.0 Å². The summed E-state index contributed by atoms with van der Waals surface area (Å²) >= 11 is 0. The molecule has 0 aliphatic carbocycles. The minimum Gasteiger partial charge on any atom is -0.481 e. The zero-order valence-corrected chi connectivity index (χ0v) is 13.3. The molecule has 7 nitrogen and oxygen atoms in total. The van der Waals surface area contributed by atoms with Crippen molar-refractivity contribution in [3.8, 4) is 0 Å². The number of carboxylic acids is 1. The molecule has 0 aliphatic rings. The van der Waals surface area contributed by atoms with Gasteiger partial charge in [-0.05, 0) is 26.0 Å². The summed E-state index contributed by atoms with van der Waals surface area (Å²) in [4.78, 5) is 22.6. The van der Waals surface area contributed by atoms with Crippen LogP contribution in [0.3, 0.4) is 0 Å². The molecule has 0 aliphatic heterocycles. The fourth-order valence-electron chi connectivity index (χ4n) is 1.47. The van der Waals surface area contributed by atoms with Crippen LogP contribution >= 0.6 is 0 Å². The smallest absolute Gasteiger partial charge is 0.310 e. The third-order valence-electron chi connectivity index (χ3n) is 3.00. The van der Waals surface area contributed by atoms with Crippen molar-refractivity contribution in [3.05, 3.63) is 30.3 Å². The second-order valence-electron chi connectivity index (χ2n) is 5.43. The van der Waals surface area contributed by atoms with Gasteiger partial charge in [0.2, 0.25) is 15.9 Å². The fraction of sp³-hybridized carbons (Fsp3) is 0.429. The van der Waals surface area contributed by atoms with Gasteiger partial charge in [-0.25, -0.2) is 13.1 Å². The van der Waals surface area contributed by atoms with Crippen molar-refractivity contribution < 1.29 is 23.1 Å². The molecule has 1 rings (SSSR count). The minimum atomic E-state index is -3.64. The molecule has 0 heterocycles. The molecule has 0 radical (unpaired) electrons. The molecule has 0 spiro atoms. The quantitative estimate of drug-likeness (QED) is 0.646. The van der Waals surface area contributed by atoms with Gasteiger partial charge in [-0.2, -0.15) is 0 Å². The van der Waals surface area contributed by atoms with Crippen molar-refractivity contribution in [2.24, 2.45) is 5.41 Å². The first-order valence-corrected chi connectivity index (χ1v) is 8.18. The topological polar surface area (TPSA) is 113 Å². The Hall–Kier alpha value is -1.93. The third-order valence-corrected chi connectivity index (χ3v) is 4.48. The highest BCUT2D eigenvalue weighted by Gasteiger charge is 2.27. The summed E-state index contributed by atoms with van der Waals surface area (Å²) in [6, 6.07) is 7.83. The molecule has 0 aromatic heterocycles. The number of nitrogens with one attached hydrogen (secondary N) is 2. The molecule has 0 saturated heterocycles. The molecule has 0 unspecified atom stereocenters. The monoisotopic (exact) mass is 328 g/mol. The molecule has 122 valence electrons. The maximum Gasteiger partial charge on any atom is 0.310 e. The van der Waals surface area contributed by atoms with Crippen molar-refractivity contribution in [3.63, 3.8) is 0 Å². The average molecular weight is 328 g/mol. The van der Waals surface area contributed by atoms with Crippen LogP contribution in [0.15, 0.2) is 35.2 Å². The van der Waals surface area contributed by atoms with Crippen LogP contribution in [0, 0.1) is 5.41 Å². The molecule has 1 amide bonds. The molecule has 0 saturated carbocycles. The van der Waals surface area contributed by atoms with Crippen LogP contribution < -0.4 is 10.0 Å². The fourth-order valence-corrected chi connectivity index (χ4v) is 2.52. The number of sulfonamides is 1. The van der Waals surface area contributed by atoms with Crippen LogP contribution in [0.1, 0.15) is 20.3 Å². The van der Waals surface area contributed by atoms with Gasteiger partial charge in [0, 0.05) is 19.5 Å². The van der Waals surface area contributed by atoms with Crippen LogP contribution in [0.2, 0.25) is 0 Å². The van der Waals surface area contributed by atoms with E-state index in [1.54, 1.807) is 18.2 Å². The highest BCUT2D eigenvalue weighted by atomic mass is 32.2. The first-order chi connectivity index (χ1) is 10.1. The summed E-state index contributed by atoms with van der Waals surface area (Å²) in [7, 11) is -3.64. The Morgan fingerprint density at radius 2 is 1.77 bits per heavy atom. The number of carbonyl (C=O) groups is 2. The van der Waals surface area contributed by atoms with Crippen molar-refractivity contribution >= 4 is 21.9 Å². The first kappa shape index (κ1) is 18.1. The Morgan fingerprint density at radius 3 is 2.32 bits per heavy atom. The van der Waals surface area contributed by atoms with E-state index in [0.717, 1.165) is 0 Å². The Bertz CT molecular complexity index is 626. The minimum absolute atomic E-state index is 0.0212. The van der Waals surface area contributed by atoms with Gasteiger partial charge in [-0.15, -0.1) is 0 Å². The van der Waals surface area contributed by atoms with E-state index in [0.29, 0.717) is 0 Å².